The van der Waals surface area contributed by atoms with Crippen LogP contribution in [0.25, 0.3) is 11.0 Å². The molecule has 3 nitrogen and oxygen atoms in total. The van der Waals surface area contributed by atoms with Crippen LogP contribution < -0.4 is 0 Å². The number of rotatable bonds is 2. The van der Waals surface area contributed by atoms with Crippen molar-refractivity contribution in [3.63, 3.8) is 0 Å². The number of imidazole rings is 1. The molecule has 3 rings (SSSR count). The second-order valence-electron chi connectivity index (χ2n) is 4.82. The van der Waals surface area contributed by atoms with E-state index in [1.54, 1.807) is 17.4 Å². The Morgan fingerprint density at radius 1 is 1.40 bits per heavy atom. The third kappa shape index (κ3) is 2.09. The highest BCUT2D eigenvalue weighted by molar-refractivity contribution is 7.71. The first-order valence-electron chi connectivity index (χ1n) is 6.31. The molecule has 0 saturated carbocycles. The topological polar surface area (TPSA) is 33.6 Å². The molecule has 0 fully saturated rings. The summed E-state index contributed by atoms with van der Waals surface area (Å²) in [4.78, 5) is 8.74. The number of hydrogen-bond acceptors (Lipinski definition) is 3. The van der Waals surface area contributed by atoms with Gasteiger partial charge in [-0.05, 0) is 51.2 Å². The van der Waals surface area contributed by atoms with Crippen LogP contribution in [0.5, 0.6) is 0 Å². The van der Waals surface area contributed by atoms with E-state index in [1.165, 1.54) is 12.1 Å². The molecule has 6 heteroatoms. The third-order valence-electron chi connectivity index (χ3n) is 3.39. The van der Waals surface area contributed by atoms with Crippen molar-refractivity contribution in [2.24, 2.45) is 0 Å². The third-order valence-corrected chi connectivity index (χ3v) is 4.93. The van der Waals surface area contributed by atoms with Gasteiger partial charge < -0.3 is 9.55 Å². The zero-order chi connectivity index (χ0) is 14.4. The average molecular weight is 307 g/mol. The minimum atomic E-state index is -0.260. The molecule has 2 heterocycles. The number of benzene rings is 1. The van der Waals surface area contributed by atoms with Gasteiger partial charge in [0.25, 0.3) is 0 Å². The highest BCUT2D eigenvalue weighted by atomic mass is 32.1. The highest BCUT2D eigenvalue weighted by Gasteiger charge is 2.18. The smallest absolute Gasteiger partial charge is 0.178 e. The van der Waals surface area contributed by atoms with E-state index in [9.17, 15) is 4.39 Å². The summed E-state index contributed by atoms with van der Waals surface area (Å²) in [6, 6.07) is 4.70. The van der Waals surface area contributed by atoms with Crippen molar-refractivity contribution in [1.29, 1.82) is 0 Å². The van der Waals surface area contributed by atoms with Crippen LogP contribution in [0.1, 0.15) is 28.5 Å². The molecule has 1 unspecified atom stereocenters. The number of nitrogens with one attached hydrogen (secondary N) is 1. The van der Waals surface area contributed by atoms with E-state index in [2.05, 4.69) is 16.9 Å². The maximum atomic E-state index is 13.5. The highest BCUT2D eigenvalue weighted by Crippen LogP contribution is 2.30. The predicted molar refractivity (Wildman–Crippen MR) is 82.5 cm³/mol. The Balaban J connectivity index is 2.23. The Labute approximate surface area is 125 Å². The van der Waals surface area contributed by atoms with Crippen molar-refractivity contribution >= 4 is 34.6 Å². The fourth-order valence-electron chi connectivity index (χ4n) is 2.53. The Bertz CT molecular complexity index is 844. The summed E-state index contributed by atoms with van der Waals surface area (Å²) in [6.45, 7) is 6.05. The van der Waals surface area contributed by atoms with Gasteiger partial charge in [0, 0.05) is 0 Å². The molecule has 0 saturated heterocycles. The lowest BCUT2D eigenvalue weighted by atomic mass is 10.2. The molecule has 0 spiro atoms. The van der Waals surface area contributed by atoms with E-state index in [1.807, 2.05) is 18.4 Å². The van der Waals surface area contributed by atoms with Gasteiger partial charge in [-0.2, -0.15) is 0 Å². The summed E-state index contributed by atoms with van der Waals surface area (Å²) in [5, 5.41) is 1.03. The maximum Gasteiger partial charge on any atom is 0.178 e. The lowest BCUT2D eigenvalue weighted by molar-refractivity contribution is 0.623. The van der Waals surface area contributed by atoms with Crippen molar-refractivity contribution in [2.45, 2.75) is 26.8 Å². The van der Waals surface area contributed by atoms with Crippen LogP contribution in [-0.2, 0) is 0 Å². The zero-order valence-electron chi connectivity index (χ0n) is 11.4. The maximum absolute atomic E-state index is 13.5. The van der Waals surface area contributed by atoms with Gasteiger partial charge in [-0.15, -0.1) is 11.3 Å². The molecule has 3 aromatic rings. The van der Waals surface area contributed by atoms with Crippen molar-refractivity contribution in [3.8, 4) is 0 Å². The lowest BCUT2D eigenvalue weighted by Gasteiger charge is -2.13. The van der Waals surface area contributed by atoms with Crippen LogP contribution in [0.2, 0.25) is 0 Å². The van der Waals surface area contributed by atoms with E-state index in [0.717, 1.165) is 26.6 Å². The zero-order valence-corrected chi connectivity index (χ0v) is 13.0. The van der Waals surface area contributed by atoms with Crippen molar-refractivity contribution in [1.82, 2.24) is 14.5 Å². The monoisotopic (exact) mass is 307 g/mol. The van der Waals surface area contributed by atoms with E-state index in [0.29, 0.717) is 4.77 Å². The molecule has 2 aromatic heterocycles. The molecular formula is C14H14FN3S2. The van der Waals surface area contributed by atoms with Gasteiger partial charge in [-0.25, -0.2) is 9.37 Å². The number of fused-ring (bicyclic) bond motifs is 1. The second kappa shape index (κ2) is 4.79. The molecule has 1 atom stereocenters. The number of nitrogens with zero attached hydrogens (tertiary/aromatic N) is 2. The molecule has 0 amide bonds. The normalized spacial score (nSPS) is 13.0. The van der Waals surface area contributed by atoms with E-state index in [-0.39, 0.29) is 11.9 Å². The molecule has 0 radical (unpaired) electrons. The van der Waals surface area contributed by atoms with Crippen LogP contribution in [-0.4, -0.2) is 14.5 Å². The standard InChI is InChI=1S/C14H14FN3S2/c1-7-13(20-9(3)16-7)8(2)18-12-6-10(15)4-5-11(12)17-14(18)19/h4-6,8H,1-3H3,(H,17,19). The molecule has 1 N–H and O–H groups in total. The summed E-state index contributed by atoms with van der Waals surface area (Å²) in [6.07, 6.45) is 0. The first kappa shape index (κ1) is 13.5. The largest absolute Gasteiger partial charge is 0.331 e. The van der Waals surface area contributed by atoms with Gasteiger partial charge in [0.2, 0.25) is 0 Å². The second-order valence-corrected chi connectivity index (χ2v) is 6.44. The van der Waals surface area contributed by atoms with Gasteiger partial charge in [-0.3, -0.25) is 0 Å². The van der Waals surface area contributed by atoms with Crippen LogP contribution in [0, 0.1) is 24.4 Å². The summed E-state index contributed by atoms with van der Waals surface area (Å²) in [5.74, 6) is -0.260. The fourth-order valence-corrected chi connectivity index (χ4v) is 3.87. The number of aromatic amines is 1. The summed E-state index contributed by atoms with van der Waals surface area (Å²) in [7, 11) is 0. The fraction of sp³-hybridized carbons (Fsp3) is 0.286. The molecule has 1 aromatic carbocycles. The molecule has 20 heavy (non-hydrogen) atoms. The first-order chi connectivity index (χ1) is 9.47. The van der Waals surface area contributed by atoms with Gasteiger partial charge in [0.1, 0.15) is 5.82 Å². The number of H-pyrrole nitrogens is 1. The number of thiazole rings is 1. The average Bonchev–Trinajstić information content (AvgIpc) is 2.87. The minimum Gasteiger partial charge on any atom is -0.331 e. The summed E-state index contributed by atoms with van der Waals surface area (Å²) < 4.78 is 16.1. The predicted octanol–water partition coefficient (Wildman–Crippen LogP) is 4.52. The van der Waals surface area contributed by atoms with Crippen LogP contribution in [0.3, 0.4) is 0 Å². The van der Waals surface area contributed by atoms with E-state index in [4.69, 9.17) is 12.2 Å². The van der Waals surface area contributed by atoms with E-state index < -0.39 is 0 Å². The van der Waals surface area contributed by atoms with Crippen molar-refractivity contribution in [2.75, 3.05) is 0 Å². The quantitative estimate of drug-likeness (QED) is 0.706. The van der Waals surface area contributed by atoms with E-state index >= 15 is 0 Å². The number of aromatic nitrogens is 3. The van der Waals surface area contributed by atoms with Crippen molar-refractivity contribution < 1.29 is 4.39 Å². The van der Waals surface area contributed by atoms with Crippen LogP contribution >= 0.6 is 23.6 Å². The molecule has 0 aliphatic rings. The van der Waals surface area contributed by atoms with Gasteiger partial charge >= 0.3 is 0 Å². The molecule has 104 valence electrons. The van der Waals surface area contributed by atoms with Gasteiger partial charge in [0.05, 0.1) is 32.7 Å². The Kier molecular flexibility index (Phi) is 3.22. The Morgan fingerprint density at radius 3 is 2.80 bits per heavy atom. The minimum absolute atomic E-state index is 0.0317. The lowest BCUT2D eigenvalue weighted by Crippen LogP contribution is -2.06. The summed E-state index contributed by atoms with van der Waals surface area (Å²) >= 11 is 7.05. The number of hydrogen-bond donors (Lipinski definition) is 1. The Morgan fingerprint density at radius 2 is 2.15 bits per heavy atom. The number of halogens is 1. The van der Waals surface area contributed by atoms with Gasteiger partial charge in [-0.1, -0.05) is 0 Å². The molecular weight excluding hydrogens is 293 g/mol. The van der Waals surface area contributed by atoms with Crippen LogP contribution in [0.4, 0.5) is 4.39 Å². The van der Waals surface area contributed by atoms with Crippen LogP contribution in [0.15, 0.2) is 18.2 Å². The first-order valence-corrected chi connectivity index (χ1v) is 7.53. The molecule has 0 aliphatic carbocycles. The van der Waals surface area contributed by atoms with Crippen molar-refractivity contribution in [3.05, 3.63) is 44.4 Å². The molecule has 0 aliphatic heterocycles. The van der Waals surface area contributed by atoms with Gasteiger partial charge in [0.15, 0.2) is 4.77 Å². The SMILES string of the molecule is Cc1nc(C)c(C(C)n2c(=S)[nH]c3ccc(F)cc32)s1. The molecule has 0 bridgehead atoms. The Hall–Kier alpha value is -1.53. The summed E-state index contributed by atoms with van der Waals surface area (Å²) in [5.41, 5.74) is 2.64. The number of aryl methyl sites for hydroxylation is 2.